The largest absolute Gasteiger partial charge is 0.494 e. The van der Waals surface area contributed by atoms with Crippen LogP contribution >= 0.6 is 0 Å². The third kappa shape index (κ3) is 6.77. The number of ether oxygens (including phenoxy) is 1. The summed E-state index contributed by atoms with van der Waals surface area (Å²) in [6, 6.07) is 18.3. The molecule has 1 amide bonds. The first-order valence-electron chi connectivity index (χ1n) is 11.1. The van der Waals surface area contributed by atoms with Crippen molar-refractivity contribution in [3.63, 3.8) is 0 Å². The lowest BCUT2D eigenvalue weighted by Gasteiger charge is -2.09. The number of Topliss-reactive ketones (excluding diaryl/α,β-unsaturated/α-hetero) is 1. The van der Waals surface area contributed by atoms with E-state index in [4.69, 9.17) is 4.74 Å². The predicted molar refractivity (Wildman–Crippen MR) is 127 cm³/mol. The summed E-state index contributed by atoms with van der Waals surface area (Å²) >= 11 is 0. The molecule has 1 N–H and O–H groups in total. The molecule has 3 aromatic rings. The molecule has 5 heteroatoms. The molecule has 2 aromatic carbocycles. The summed E-state index contributed by atoms with van der Waals surface area (Å²) in [5.74, 6) is 0.562. The topological polar surface area (TPSA) is 68.3 Å². The molecule has 166 valence electrons. The van der Waals surface area contributed by atoms with Crippen molar-refractivity contribution >= 4 is 17.4 Å². The van der Waals surface area contributed by atoms with Crippen LogP contribution in [0.5, 0.6) is 5.75 Å². The van der Waals surface area contributed by atoms with E-state index in [1.807, 2.05) is 55.5 Å². The molecule has 0 aliphatic carbocycles. The Morgan fingerprint density at radius 3 is 2.41 bits per heavy atom. The lowest BCUT2D eigenvalue weighted by molar-refractivity contribution is 0.0990. The highest BCUT2D eigenvalue weighted by molar-refractivity contribution is 6.04. The van der Waals surface area contributed by atoms with E-state index in [0.29, 0.717) is 29.1 Å². The Bertz CT molecular complexity index is 1030. The van der Waals surface area contributed by atoms with Crippen molar-refractivity contribution < 1.29 is 14.3 Å². The van der Waals surface area contributed by atoms with Crippen molar-refractivity contribution in [3.05, 3.63) is 89.2 Å². The van der Waals surface area contributed by atoms with Crippen molar-refractivity contribution in [3.8, 4) is 5.75 Å². The van der Waals surface area contributed by atoms with Crippen molar-refractivity contribution in [1.29, 1.82) is 0 Å². The highest BCUT2D eigenvalue weighted by atomic mass is 16.5. The summed E-state index contributed by atoms with van der Waals surface area (Å²) in [7, 11) is 0. The van der Waals surface area contributed by atoms with Gasteiger partial charge < -0.3 is 10.1 Å². The molecule has 0 fully saturated rings. The summed E-state index contributed by atoms with van der Waals surface area (Å²) in [5.41, 5.74) is 3.40. The molecule has 0 saturated heterocycles. The van der Waals surface area contributed by atoms with Crippen LogP contribution in [0.4, 0.5) is 5.69 Å². The summed E-state index contributed by atoms with van der Waals surface area (Å²) in [6.45, 7) is 4.81. The van der Waals surface area contributed by atoms with Crippen LogP contribution in [0, 0.1) is 6.92 Å². The van der Waals surface area contributed by atoms with Crippen molar-refractivity contribution in [2.24, 2.45) is 0 Å². The molecule has 32 heavy (non-hydrogen) atoms. The lowest BCUT2D eigenvalue weighted by Crippen LogP contribution is -2.13. The van der Waals surface area contributed by atoms with E-state index in [0.717, 1.165) is 17.7 Å². The number of hydrogen-bond acceptors (Lipinski definition) is 4. The van der Waals surface area contributed by atoms with Crippen molar-refractivity contribution in [1.82, 2.24) is 4.98 Å². The molecule has 0 saturated carbocycles. The van der Waals surface area contributed by atoms with Crippen molar-refractivity contribution in [2.45, 2.75) is 46.0 Å². The molecule has 0 aliphatic rings. The van der Waals surface area contributed by atoms with E-state index < -0.39 is 0 Å². The molecule has 1 heterocycles. The first-order chi connectivity index (χ1) is 15.6. The molecule has 0 unspecified atom stereocenters. The number of ketones is 1. The molecule has 0 aliphatic heterocycles. The third-order valence-corrected chi connectivity index (χ3v) is 5.25. The number of nitrogens with zero attached hydrogens (tertiary/aromatic N) is 1. The fourth-order valence-electron chi connectivity index (χ4n) is 3.37. The Morgan fingerprint density at radius 2 is 1.72 bits per heavy atom. The molecule has 0 spiro atoms. The molecule has 5 nitrogen and oxygen atoms in total. The molecule has 0 atom stereocenters. The van der Waals surface area contributed by atoms with E-state index in [1.54, 1.807) is 12.1 Å². The van der Waals surface area contributed by atoms with Crippen LogP contribution in [0.15, 0.2) is 66.9 Å². The van der Waals surface area contributed by atoms with Crippen molar-refractivity contribution in [2.75, 3.05) is 11.9 Å². The van der Waals surface area contributed by atoms with Crippen LogP contribution in [0.3, 0.4) is 0 Å². The smallest absolute Gasteiger partial charge is 0.257 e. The molecule has 0 radical (unpaired) electrons. The van der Waals surface area contributed by atoms with Gasteiger partial charge in [0.2, 0.25) is 0 Å². The van der Waals surface area contributed by atoms with Gasteiger partial charge in [0.15, 0.2) is 5.78 Å². The third-order valence-electron chi connectivity index (χ3n) is 5.25. The second-order valence-electron chi connectivity index (χ2n) is 7.84. The quantitative estimate of drug-likeness (QED) is 0.298. The maximum absolute atomic E-state index is 12.5. The zero-order chi connectivity index (χ0) is 22.8. The number of aryl methyl sites for hydroxylation is 1. The first kappa shape index (κ1) is 23.2. The molecule has 3 rings (SSSR count). The van der Waals surface area contributed by atoms with E-state index >= 15 is 0 Å². The minimum atomic E-state index is -0.248. The van der Waals surface area contributed by atoms with Gasteiger partial charge in [0.05, 0.1) is 18.6 Å². The SMILES string of the molecule is CCCCCCOc1ccc(NC(=O)c2ccc(CC(=O)c3ccccc3C)nc2)cc1. The van der Waals surface area contributed by atoms with Crippen LogP contribution in [0.2, 0.25) is 0 Å². The van der Waals surface area contributed by atoms with Gasteiger partial charge in [-0.15, -0.1) is 0 Å². The highest BCUT2D eigenvalue weighted by Crippen LogP contribution is 2.17. The molecular weight excluding hydrogens is 400 g/mol. The monoisotopic (exact) mass is 430 g/mol. The van der Waals surface area contributed by atoms with Crippen LogP contribution in [-0.4, -0.2) is 23.3 Å². The van der Waals surface area contributed by atoms with Gasteiger partial charge in [-0.1, -0.05) is 50.5 Å². The molecule has 0 bridgehead atoms. The number of nitrogens with one attached hydrogen (secondary N) is 1. The number of benzene rings is 2. The number of carbonyl (C=O) groups excluding carboxylic acids is 2. The standard InChI is InChI=1S/C27H30N2O3/c1-3-4-5-8-17-32-24-15-13-22(14-16-24)29-27(31)21-11-12-23(28-19-21)18-26(30)25-10-7-6-9-20(25)2/h6-7,9-16,19H,3-5,8,17-18H2,1-2H3,(H,29,31). The second kappa shape index (κ2) is 11.8. The van der Waals surface area contributed by atoms with Gasteiger partial charge in [-0.3, -0.25) is 14.6 Å². The predicted octanol–water partition coefficient (Wildman–Crippen LogP) is 6.03. The van der Waals surface area contributed by atoms with E-state index in [-0.39, 0.29) is 18.1 Å². The summed E-state index contributed by atoms with van der Waals surface area (Å²) in [4.78, 5) is 29.3. The normalized spacial score (nSPS) is 10.6. The van der Waals surface area contributed by atoms with Gasteiger partial charge in [0, 0.05) is 23.1 Å². The van der Waals surface area contributed by atoms with Gasteiger partial charge in [-0.25, -0.2) is 0 Å². The Morgan fingerprint density at radius 1 is 0.938 bits per heavy atom. The number of unbranched alkanes of at least 4 members (excludes halogenated alkanes) is 3. The Labute approximate surface area is 189 Å². The number of aromatic nitrogens is 1. The van der Waals surface area contributed by atoms with E-state index in [2.05, 4.69) is 17.2 Å². The summed E-state index contributed by atoms with van der Waals surface area (Å²) < 4.78 is 5.73. The Balaban J connectivity index is 1.51. The number of amides is 1. The summed E-state index contributed by atoms with van der Waals surface area (Å²) in [5, 5.41) is 2.86. The minimum absolute atomic E-state index is 0.0143. The maximum atomic E-state index is 12.5. The Hall–Kier alpha value is -3.47. The van der Waals surface area contributed by atoms with E-state index in [9.17, 15) is 9.59 Å². The minimum Gasteiger partial charge on any atom is -0.494 e. The fraction of sp³-hybridized carbons (Fsp3) is 0.296. The zero-order valence-electron chi connectivity index (χ0n) is 18.8. The van der Waals surface area contributed by atoms with Gasteiger partial charge in [0.25, 0.3) is 5.91 Å². The fourth-order valence-corrected chi connectivity index (χ4v) is 3.37. The molecule has 1 aromatic heterocycles. The maximum Gasteiger partial charge on any atom is 0.257 e. The number of hydrogen-bond donors (Lipinski definition) is 1. The van der Waals surface area contributed by atoms with Gasteiger partial charge in [0.1, 0.15) is 5.75 Å². The van der Waals surface area contributed by atoms with Gasteiger partial charge >= 0.3 is 0 Å². The number of anilines is 1. The van der Waals surface area contributed by atoms with E-state index in [1.165, 1.54) is 25.5 Å². The average molecular weight is 431 g/mol. The van der Waals surface area contributed by atoms with Crippen LogP contribution in [-0.2, 0) is 6.42 Å². The Kier molecular flexibility index (Phi) is 8.55. The van der Waals surface area contributed by atoms with Gasteiger partial charge in [-0.2, -0.15) is 0 Å². The average Bonchev–Trinajstić information content (AvgIpc) is 2.80. The van der Waals surface area contributed by atoms with Gasteiger partial charge in [-0.05, 0) is 55.3 Å². The number of pyridine rings is 1. The summed E-state index contributed by atoms with van der Waals surface area (Å²) in [6.07, 6.45) is 6.37. The van der Waals surface area contributed by atoms with Crippen LogP contribution in [0.1, 0.15) is 64.6 Å². The van der Waals surface area contributed by atoms with Crippen LogP contribution < -0.4 is 10.1 Å². The highest BCUT2D eigenvalue weighted by Gasteiger charge is 2.12. The second-order valence-corrected chi connectivity index (χ2v) is 7.84. The molecular formula is C27H30N2O3. The number of carbonyl (C=O) groups is 2. The number of rotatable bonds is 11. The first-order valence-corrected chi connectivity index (χ1v) is 11.1. The van der Waals surface area contributed by atoms with Crippen LogP contribution in [0.25, 0.3) is 0 Å². The zero-order valence-corrected chi connectivity index (χ0v) is 18.8. The lowest BCUT2D eigenvalue weighted by atomic mass is 10.0.